The molecule has 4 rings (SSSR count). The fraction of sp³-hybridized carbons (Fsp3) is 0.364. The summed E-state index contributed by atoms with van der Waals surface area (Å²) in [5, 5.41) is 9.34. The van der Waals surface area contributed by atoms with Crippen molar-refractivity contribution in [2.45, 2.75) is 45.7 Å². The Labute approximate surface area is 187 Å². The molecule has 1 fully saturated rings. The molecule has 2 aromatic heterocycles. The molecule has 1 aromatic carbocycles. The highest BCUT2D eigenvalue weighted by molar-refractivity contribution is 7.20. The number of anilines is 1. The summed E-state index contributed by atoms with van der Waals surface area (Å²) in [7, 11) is 0. The first kappa shape index (κ1) is 22.1. The predicted molar refractivity (Wildman–Crippen MR) is 119 cm³/mol. The first-order valence-electron chi connectivity index (χ1n) is 10.4. The molecule has 0 aliphatic carbocycles. The van der Waals surface area contributed by atoms with E-state index >= 15 is 0 Å². The molecule has 1 aliphatic heterocycles. The summed E-state index contributed by atoms with van der Waals surface area (Å²) >= 11 is 1.17. The van der Waals surface area contributed by atoms with Crippen LogP contribution in [0.4, 0.5) is 14.6 Å². The molecule has 1 aliphatic rings. The zero-order valence-electron chi connectivity index (χ0n) is 17.7. The van der Waals surface area contributed by atoms with Gasteiger partial charge in [-0.15, -0.1) is 11.3 Å². The number of amides is 2. The maximum atomic E-state index is 14.3. The smallest absolute Gasteiger partial charge is 0.261 e. The van der Waals surface area contributed by atoms with E-state index in [-0.39, 0.29) is 18.0 Å². The number of halogens is 2. The van der Waals surface area contributed by atoms with Crippen LogP contribution < -0.4 is 16.0 Å². The summed E-state index contributed by atoms with van der Waals surface area (Å²) < 4.78 is 28.3. The van der Waals surface area contributed by atoms with Gasteiger partial charge in [0.1, 0.15) is 34.7 Å². The van der Waals surface area contributed by atoms with Crippen LogP contribution in [-0.2, 0) is 11.3 Å². The van der Waals surface area contributed by atoms with Gasteiger partial charge in [0.2, 0.25) is 5.91 Å². The molecule has 168 valence electrons. The van der Waals surface area contributed by atoms with Crippen molar-refractivity contribution < 1.29 is 18.4 Å². The van der Waals surface area contributed by atoms with Crippen LogP contribution in [0.3, 0.4) is 0 Å². The fourth-order valence-corrected chi connectivity index (χ4v) is 4.83. The van der Waals surface area contributed by atoms with Gasteiger partial charge in [-0.3, -0.25) is 9.59 Å². The molecule has 0 saturated carbocycles. The van der Waals surface area contributed by atoms with Crippen LogP contribution in [0.5, 0.6) is 0 Å². The van der Waals surface area contributed by atoms with Crippen molar-refractivity contribution in [2.24, 2.45) is 0 Å². The lowest BCUT2D eigenvalue weighted by Crippen LogP contribution is -2.38. The van der Waals surface area contributed by atoms with Crippen LogP contribution in [0.1, 0.15) is 45.6 Å². The second kappa shape index (κ2) is 9.15. The lowest BCUT2D eigenvalue weighted by molar-refractivity contribution is -0.121. The van der Waals surface area contributed by atoms with Crippen LogP contribution in [0.2, 0.25) is 0 Å². The quantitative estimate of drug-likeness (QED) is 0.542. The molecular weight excluding hydrogens is 436 g/mol. The van der Waals surface area contributed by atoms with E-state index in [2.05, 4.69) is 25.9 Å². The first-order valence-corrected chi connectivity index (χ1v) is 11.2. The first-order chi connectivity index (χ1) is 15.4. The molecule has 10 heteroatoms. The topological polar surface area (TPSA) is 96.0 Å². The number of aromatic nitrogens is 2. The van der Waals surface area contributed by atoms with Crippen LogP contribution >= 0.6 is 11.3 Å². The van der Waals surface area contributed by atoms with Gasteiger partial charge in [0, 0.05) is 18.7 Å². The maximum Gasteiger partial charge on any atom is 0.261 e. The summed E-state index contributed by atoms with van der Waals surface area (Å²) in [6.07, 6.45) is 3.90. The molecule has 7 nitrogen and oxygen atoms in total. The normalized spacial score (nSPS) is 16.5. The van der Waals surface area contributed by atoms with Gasteiger partial charge in [0.05, 0.1) is 10.3 Å². The molecule has 1 atom stereocenters. The Bertz CT molecular complexity index is 1200. The summed E-state index contributed by atoms with van der Waals surface area (Å²) in [6.45, 7) is 3.69. The molecule has 32 heavy (non-hydrogen) atoms. The van der Waals surface area contributed by atoms with Gasteiger partial charge in [-0.2, -0.15) is 0 Å². The number of hydrogen-bond donors (Lipinski definition) is 3. The summed E-state index contributed by atoms with van der Waals surface area (Å²) in [5.41, 5.74) is 0.769. The lowest BCUT2D eigenvalue weighted by atomic mass is 10.1. The summed E-state index contributed by atoms with van der Waals surface area (Å²) in [4.78, 5) is 34.7. The van der Waals surface area contributed by atoms with Crippen molar-refractivity contribution in [1.82, 2.24) is 20.6 Å². The van der Waals surface area contributed by atoms with E-state index in [0.717, 1.165) is 12.8 Å². The Kier molecular flexibility index (Phi) is 6.31. The highest BCUT2D eigenvalue weighted by Gasteiger charge is 2.25. The van der Waals surface area contributed by atoms with Gasteiger partial charge >= 0.3 is 0 Å². The largest absolute Gasteiger partial charge is 0.358 e. The van der Waals surface area contributed by atoms with E-state index in [9.17, 15) is 18.4 Å². The van der Waals surface area contributed by atoms with Crippen molar-refractivity contribution in [2.75, 3.05) is 11.9 Å². The number of carbonyl (C=O) groups is 2. The van der Waals surface area contributed by atoms with E-state index in [1.165, 1.54) is 36.7 Å². The van der Waals surface area contributed by atoms with Gasteiger partial charge in [-0.05, 0) is 50.3 Å². The SMILES string of the molecule is Cc1ccc(F)c(CNC(=O)c2sc3ncnc(N[C@H]4CCCCNC4=O)c3c2C)c1F. The number of fused-ring (bicyclic) bond motifs is 1. The third kappa shape index (κ3) is 4.27. The summed E-state index contributed by atoms with van der Waals surface area (Å²) in [6, 6.07) is 2.12. The minimum absolute atomic E-state index is 0.0812. The Morgan fingerprint density at radius 2 is 2.06 bits per heavy atom. The standard InChI is InChI=1S/C22H23F2N5O2S/c1-11-6-7-14(23)13(17(11)24)9-26-21(31)18-12(2)16-19(27-10-28-22(16)32-18)29-15-5-3-4-8-25-20(15)30/h6-7,10,15H,3-5,8-9H2,1-2H3,(H,25,30)(H,26,31)(H,27,28,29)/t15-/m0/s1. The summed E-state index contributed by atoms with van der Waals surface area (Å²) in [5.74, 6) is -1.43. The fourth-order valence-electron chi connectivity index (χ4n) is 3.77. The molecule has 3 aromatic rings. The average molecular weight is 460 g/mol. The molecular formula is C22H23F2N5O2S. The van der Waals surface area contributed by atoms with Gasteiger partial charge in [-0.1, -0.05) is 6.07 Å². The Morgan fingerprint density at radius 1 is 1.25 bits per heavy atom. The number of nitrogens with zero attached hydrogens (tertiary/aromatic N) is 2. The minimum Gasteiger partial charge on any atom is -0.358 e. The molecule has 2 amide bonds. The Hall–Kier alpha value is -3.14. The van der Waals surface area contributed by atoms with Crippen molar-refractivity contribution in [1.29, 1.82) is 0 Å². The maximum absolute atomic E-state index is 14.3. The van der Waals surface area contributed by atoms with Crippen molar-refractivity contribution in [3.8, 4) is 0 Å². The number of thiophene rings is 1. The van der Waals surface area contributed by atoms with Crippen LogP contribution in [0.25, 0.3) is 10.2 Å². The van der Waals surface area contributed by atoms with Gasteiger partial charge < -0.3 is 16.0 Å². The highest BCUT2D eigenvalue weighted by Crippen LogP contribution is 2.34. The van der Waals surface area contributed by atoms with Crippen LogP contribution in [0, 0.1) is 25.5 Å². The van der Waals surface area contributed by atoms with Crippen LogP contribution in [-0.4, -0.2) is 34.4 Å². The third-order valence-electron chi connectivity index (χ3n) is 5.58. The number of aryl methyl sites for hydroxylation is 2. The molecule has 0 radical (unpaired) electrons. The van der Waals surface area contributed by atoms with Crippen molar-refractivity contribution in [3.63, 3.8) is 0 Å². The Morgan fingerprint density at radius 3 is 2.88 bits per heavy atom. The van der Waals surface area contributed by atoms with E-state index in [0.29, 0.717) is 45.0 Å². The van der Waals surface area contributed by atoms with Crippen molar-refractivity contribution >= 4 is 39.2 Å². The van der Waals surface area contributed by atoms with E-state index in [4.69, 9.17) is 0 Å². The van der Waals surface area contributed by atoms with Crippen molar-refractivity contribution in [3.05, 3.63) is 51.7 Å². The molecule has 0 bridgehead atoms. The monoisotopic (exact) mass is 459 g/mol. The molecule has 0 unspecified atom stereocenters. The van der Waals surface area contributed by atoms with Crippen LogP contribution in [0.15, 0.2) is 18.5 Å². The number of benzene rings is 1. The number of hydrogen-bond acceptors (Lipinski definition) is 6. The zero-order valence-corrected chi connectivity index (χ0v) is 18.5. The Balaban J connectivity index is 1.58. The second-order valence-corrected chi connectivity index (χ2v) is 8.78. The molecule has 3 heterocycles. The number of nitrogens with one attached hydrogen (secondary N) is 3. The second-order valence-electron chi connectivity index (χ2n) is 7.78. The van der Waals surface area contributed by atoms with Gasteiger partial charge in [0.25, 0.3) is 5.91 Å². The van der Waals surface area contributed by atoms with E-state index in [1.54, 1.807) is 6.92 Å². The zero-order chi connectivity index (χ0) is 22.8. The number of carbonyl (C=O) groups excluding carboxylic acids is 2. The molecule has 0 spiro atoms. The van der Waals surface area contributed by atoms with Gasteiger partial charge in [0.15, 0.2) is 0 Å². The van der Waals surface area contributed by atoms with E-state index in [1.807, 2.05) is 0 Å². The van der Waals surface area contributed by atoms with E-state index < -0.39 is 23.6 Å². The highest BCUT2D eigenvalue weighted by atomic mass is 32.1. The number of rotatable bonds is 5. The van der Waals surface area contributed by atoms with Gasteiger partial charge in [-0.25, -0.2) is 18.7 Å². The lowest BCUT2D eigenvalue weighted by Gasteiger charge is -2.16. The third-order valence-corrected chi connectivity index (χ3v) is 6.78. The predicted octanol–water partition coefficient (Wildman–Crippen LogP) is 3.60. The molecule has 3 N–H and O–H groups in total. The average Bonchev–Trinajstić information content (AvgIpc) is 2.99. The molecule has 1 saturated heterocycles. The minimum atomic E-state index is -0.708.